The first-order valence-electron chi connectivity index (χ1n) is 3.52. The quantitative estimate of drug-likeness (QED) is 0.332. The zero-order valence-corrected chi connectivity index (χ0v) is 6.69. The Labute approximate surface area is 69.1 Å². The summed E-state index contributed by atoms with van der Waals surface area (Å²) in [7, 11) is 1.41. The fourth-order valence-corrected chi connectivity index (χ4v) is 1.01. The first-order chi connectivity index (χ1) is 5.65. The number of amides is 2. The van der Waals surface area contributed by atoms with Gasteiger partial charge in [-0.25, -0.2) is 5.01 Å². The molecule has 1 aliphatic rings. The van der Waals surface area contributed by atoms with Gasteiger partial charge in [0, 0.05) is 19.9 Å². The molecule has 2 amide bonds. The first kappa shape index (κ1) is 8.63. The average Bonchev–Trinajstić information content (AvgIpc) is 2.35. The third kappa shape index (κ3) is 1.58. The molecule has 0 atom stereocenters. The minimum absolute atomic E-state index is 0.0405. The van der Waals surface area contributed by atoms with Crippen LogP contribution >= 0.6 is 0 Å². The highest BCUT2D eigenvalue weighted by Crippen LogP contribution is 2.11. The summed E-state index contributed by atoms with van der Waals surface area (Å²) in [5.74, 6) is -0.481. The van der Waals surface area contributed by atoms with Gasteiger partial charge >= 0.3 is 0 Å². The van der Waals surface area contributed by atoms with Crippen LogP contribution in [0.3, 0.4) is 0 Å². The van der Waals surface area contributed by atoms with Crippen molar-refractivity contribution in [2.24, 2.45) is 5.29 Å². The predicted molar refractivity (Wildman–Crippen MR) is 39.5 cm³/mol. The molecule has 0 unspecified atom stereocenters. The molecule has 0 bridgehead atoms. The minimum atomic E-state index is -0.240. The van der Waals surface area contributed by atoms with E-state index in [1.165, 1.54) is 7.05 Å². The fraction of sp³-hybridized carbons (Fsp3) is 0.667. The summed E-state index contributed by atoms with van der Waals surface area (Å²) in [5, 5.41) is 3.56. The highest BCUT2D eigenvalue weighted by Gasteiger charge is 2.29. The number of likely N-dealkylation sites (tertiary alicyclic amines) is 1. The van der Waals surface area contributed by atoms with E-state index < -0.39 is 0 Å². The Hall–Kier alpha value is -1.46. The Kier molecular flexibility index (Phi) is 2.37. The first-order valence-corrected chi connectivity index (χ1v) is 3.52. The van der Waals surface area contributed by atoms with Crippen LogP contribution in [0.2, 0.25) is 0 Å². The molecule has 0 aromatic carbocycles. The van der Waals surface area contributed by atoms with Gasteiger partial charge in [-0.2, -0.15) is 0 Å². The van der Waals surface area contributed by atoms with E-state index in [1.54, 1.807) is 0 Å². The normalized spacial score (nSPS) is 16.9. The summed E-state index contributed by atoms with van der Waals surface area (Å²) in [6.07, 6.45) is 0.483. The summed E-state index contributed by atoms with van der Waals surface area (Å²) in [6, 6.07) is 0. The minimum Gasteiger partial charge on any atom is -0.274 e. The Morgan fingerprint density at radius 1 is 1.42 bits per heavy atom. The molecule has 0 aliphatic carbocycles. The van der Waals surface area contributed by atoms with Crippen LogP contribution in [0.15, 0.2) is 5.29 Å². The molecular weight excluding hydrogens is 162 g/mol. The largest absolute Gasteiger partial charge is 0.274 e. The number of nitroso groups, excluding NO2 is 1. The molecule has 0 saturated carbocycles. The van der Waals surface area contributed by atoms with E-state index in [0.29, 0.717) is 0 Å². The van der Waals surface area contributed by atoms with Crippen LogP contribution in [0.25, 0.3) is 0 Å². The number of nitrogens with zero attached hydrogens (tertiary/aromatic N) is 3. The maximum Gasteiger partial charge on any atom is 0.231 e. The van der Waals surface area contributed by atoms with E-state index in [4.69, 9.17) is 0 Å². The lowest BCUT2D eigenvalue weighted by atomic mass is 10.4. The topological polar surface area (TPSA) is 70.1 Å². The fourth-order valence-electron chi connectivity index (χ4n) is 1.01. The van der Waals surface area contributed by atoms with Crippen LogP contribution in [0.1, 0.15) is 12.8 Å². The molecule has 1 rings (SSSR count). The van der Waals surface area contributed by atoms with E-state index in [-0.39, 0.29) is 31.3 Å². The number of carbonyl (C=O) groups excluding carboxylic acids is 2. The van der Waals surface area contributed by atoms with Crippen LogP contribution in [0, 0.1) is 4.91 Å². The van der Waals surface area contributed by atoms with Gasteiger partial charge in [0.05, 0.1) is 5.29 Å². The molecule has 0 aromatic rings. The molecule has 1 saturated heterocycles. The summed E-state index contributed by atoms with van der Waals surface area (Å²) >= 11 is 0. The van der Waals surface area contributed by atoms with E-state index in [0.717, 1.165) is 9.91 Å². The Balaban J connectivity index is 2.55. The molecule has 0 aromatic heterocycles. The van der Waals surface area contributed by atoms with E-state index in [1.807, 2.05) is 0 Å². The van der Waals surface area contributed by atoms with Crippen LogP contribution in [0.5, 0.6) is 0 Å². The van der Waals surface area contributed by atoms with Gasteiger partial charge in [-0.1, -0.05) is 0 Å². The zero-order chi connectivity index (χ0) is 9.14. The van der Waals surface area contributed by atoms with Crippen molar-refractivity contribution >= 4 is 11.8 Å². The molecular formula is C6H9N3O3. The van der Waals surface area contributed by atoms with Gasteiger partial charge in [0.2, 0.25) is 11.8 Å². The van der Waals surface area contributed by atoms with Crippen molar-refractivity contribution in [3.63, 3.8) is 0 Å². The van der Waals surface area contributed by atoms with Crippen molar-refractivity contribution in [3.8, 4) is 0 Å². The lowest BCUT2D eigenvalue weighted by Gasteiger charge is -2.16. The van der Waals surface area contributed by atoms with Gasteiger partial charge in [-0.3, -0.25) is 14.5 Å². The molecule has 0 N–H and O–H groups in total. The second kappa shape index (κ2) is 3.29. The van der Waals surface area contributed by atoms with Crippen molar-refractivity contribution < 1.29 is 9.59 Å². The van der Waals surface area contributed by atoms with E-state index in [2.05, 4.69) is 5.29 Å². The Morgan fingerprint density at radius 2 is 1.92 bits per heavy atom. The van der Waals surface area contributed by atoms with Gasteiger partial charge in [-0.05, 0) is 0 Å². The van der Waals surface area contributed by atoms with Crippen molar-refractivity contribution in [1.82, 2.24) is 9.91 Å². The van der Waals surface area contributed by atoms with Crippen LogP contribution in [-0.4, -0.2) is 35.4 Å². The van der Waals surface area contributed by atoms with Gasteiger partial charge in [0.1, 0.15) is 6.67 Å². The lowest BCUT2D eigenvalue weighted by Crippen LogP contribution is -2.36. The van der Waals surface area contributed by atoms with Crippen molar-refractivity contribution in [1.29, 1.82) is 0 Å². The third-order valence-corrected chi connectivity index (χ3v) is 1.64. The van der Waals surface area contributed by atoms with Crippen molar-refractivity contribution in [2.45, 2.75) is 12.8 Å². The smallest absolute Gasteiger partial charge is 0.231 e. The standard InChI is InChI=1S/C6H9N3O3/c1-8(7-12)4-9-5(10)2-3-6(9)11/h2-4H2,1H3. The molecule has 1 aliphatic heterocycles. The molecule has 6 heteroatoms. The Bertz CT molecular complexity index is 212. The predicted octanol–water partition coefficient (Wildman–Crippen LogP) is -0.294. The summed E-state index contributed by atoms with van der Waals surface area (Å²) in [6.45, 7) is -0.0405. The van der Waals surface area contributed by atoms with Crippen LogP contribution in [0.4, 0.5) is 0 Å². The number of hydrogen-bond donors (Lipinski definition) is 0. The third-order valence-electron chi connectivity index (χ3n) is 1.64. The second-order valence-corrected chi connectivity index (χ2v) is 2.60. The number of rotatable bonds is 3. The molecule has 6 nitrogen and oxygen atoms in total. The van der Waals surface area contributed by atoms with Crippen LogP contribution in [-0.2, 0) is 9.59 Å². The Morgan fingerprint density at radius 3 is 2.33 bits per heavy atom. The van der Waals surface area contributed by atoms with Gasteiger partial charge < -0.3 is 0 Å². The number of imide groups is 1. The number of hydrogen-bond acceptors (Lipinski definition) is 4. The molecule has 12 heavy (non-hydrogen) atoms. The van der Waals surface area contributed by atoms with E-state index in [9.17, 15) is 14.5 Å². The van der Waals surface area contributed by atoms with Crippen molar-refractivity contribution in [3.05, 3.63) is 4.91 Å². The van der Waals surface area contributed by atoms with Crippen LogP contribution < -0.4 is 0 Å². The maximum absolute atomic E-state index is 11.0. The molecule has 0 spiro atoms. The average molecular weight is 171 g/mol. The van der Waals surface area contributed by atoms with Crippen molar-refractivity contribution in [2.75, 3.05) is 13.7 Å². The second-order valence-electron chi connectivity index (χ2n) is 2.60. The summed E-state index contributed by atoms with van der Waals surface area (Å²) < 4.78 is 0. The molecule has 1 heterocycles. The maximum atomic E-state index is 11.0. The SMILES string of the molecule is CN(CN1C(=O)CCC1=O)N=O. The lowest BCUT2D eigenvalue weighted by molar-refractivity contribution is -0.140. The highest BCUT2D eigenvalue weighted by molar-refractivity contribution is 6.01. The monoisotopic (exact) mass is 171 g/mol. The molecule has 66 valence electrons. The summed E-state index contributed by atoms with van der Waals surface area (Å²) in [5.41, 5.74) is 0. The summed E-state index contributed by atoms with van der Waals surface area (Å²) in [4.78, 5) is 32.9. The number of carbonyl (C=O) groups is 2. The van der Waals surface area contributed by atoms with Gasteiger partial charge in [0.25, 0.3) is 0 Å². The zero-order valence-electron chi connectivity index (χ0n) is 6.69. The molecule has 1 fully saturated rings. The van der Waals surface area contributed by atoms with E-state index >= 15 is 0 Å². The molecule has 0 radical (unpaired) electrons. The van der Waals surface area contributed by atoms with Gasteiger partial charge in [-0.15, -0.1) is 4.91 Å². The van der Waals surface area contributed by atoms with Gasteiger partial charge in [0.15, 0.2) is 0 Å². The highest BCUT2D eigenvalue weighted by atomic mass is 16.3.